The summed E-state index contributed by atoms with van der Waals surface area (Å²) in [6.45, 7) is 8.50. The molecule has 1 amide bonds. The molecule has 3 aromatic rings. The fourth-order valence-electron chi connectivity index (χ4n) is 4.80. The minimum atomic E-state index is -1.06. The monoisotopic (exact) mass is 578 g/mol. The molecule has 10 nitrogen and oxygen atoms in total. The largest absolute Gasteiger partial charge is 0.507 e. The Kier molecular flexibility index (Phi) is 7.98. The fourth-order valence-corrected chi connectivity index (χ4v) is 5.79. The Hall–Kier alpha value is -4.38. The van der Waals surface area contributed by atoms with E-state index >= 15 is 0 Å². The molecule has 0 unspecified atom stereocenters. The second-order valence-corrected chi connectivity index (χ2v) is 10.5. The molecule has 1 saturated heterocycles. The molecule has 0 spiro atoms. The Morgan fingerprint density at radius 1 is 1.07 bits per heavy atom. The maximum Gasteiger partial charge on any atom is 0.301 e. The van der Waals surface area contributed by atoms with Crippen LogP contribution in [-0.4, -0.2) is 54.0 Å². The lowest BCUT2D eigenvalue weighted by atomic mass is 9.95. The third-order valence-corrected chi connectivity index (χ3v) is 7.87. The number of amides is 1. The smallest absolute Gasteiger partial charge is 0.301 e. The Bertz CT molecular complexity index is 1560. The summed E-state index contributed by atoms with van der Waals surface area (Å²) in [6.07, 6.45) is 0.797. The van der Waals surface area contributed by atoms with Crippen LogP contribution in [0.5, 0.6) is 23.0 Å². The maximum atomic E-state index is 13.6. The van der Waals surface area contributed by atoms with Crippen molar-refractivity contribution in [1.29, 1.82) is 0 Å². The van der Waals surface area contributed by atoms with Gasteiger partial charge in [-0.2, -0.15) is 0 Å². The minimum Gasteiger partial charge on any atom is -0.507 e. The van der Waals surface area contributed by atoms with Crippen molar-refractivity contribution in [3.8, 4) is 23.0 Å². The molecule has 0 bridgehead atoms. The number of Topliss-reactive ketones (excluding diaryl/α,β-unsaturated/α-hetero) is 2. The van der Waals surface area contributed by atoms with Crippen LogP contribution in [0.15, 0.2) is 42.0 Å². The normalized spacial score (nSPS) is 17.6. The van der Waals surface area contributed by atoms with Crippen molar-refractivity contribution in [3.05, 3.63) is 63.7 Å². The van der Waals surface area contributed by atoms with Gasteiger partial charge < -0.3 is 24.1 Å². The third kappa shape index (κ3) is 5.24. The number of aliphatic hydroxyl groups excluding tert-OH is 1. The molecule has 1 aromatic heterocycles. The number of hydrogen-bond donors (Lipinski definition) is 1. The van der Waals surface area contributed by atoms with Gasteiger partial charge in [-0.1, -0.05) is 24.3 Å². The first kappa shape index (κ1) is 28.2. The number of ketones is 2. The van der Waals surface area contributed by atoms with Gasteiger partial charge in [-0.25, -0.2) is 4.98 Å². The van der Waals surface area contributed by atoms with E-state index in [1.165, 1.54) is 11.8 Å². The van der Waals surface area contributed by atoms with Crippen LogP contribution >= 0.6 is 11.3 Å². The predicted octanol–water partition coefficient (Wildman–Crippen LogP) is 5.24. The van der Waals surface area contributed by atoms with Crippen molar-refractivity contribution in [2.45, 2.75) is 40.2 Å². The number of ether oxygens (including phenoxy) is 4. The highest BCUT2D eigenvalue weighted by Gasteiger charge is 2.48. The lowest BCUT2D eigenvalue weighted by Gasteiger charge is -2.24. The molecule has 214 valence electrons. The van der Waals surface area contributed by atoms with Gasteiger partial charge in [0.1, 0.15) is 19.0 Å². The Morgan fingerprint density at radius 2 is 1.83 bits per heavy atom. The van der Waals surface area contributed by atoms with E-state index < -0.39 is 17.7 Å². The van der Waals surface area contributed by atoms with Gasteiger partial charge in [0.05, 0.1) is 35.4 Å². The van der Waals surface area contributed by atoms with E-state index in [9.17, 15) is 19.5 Å². The standard InChI is InChI=1S/C30H30N2O8S/c1-5-11-38-20-9-7-18(14-22(20)37-6-2)25-24(26(34)19-8-10-21-23(15-19)40-13-12-39-21)27(35)29(36)32(25)30-31-16(3)28(41-30)17(4)33/h7-10,14-15,25,34H,5-6,11-13H2,1-4H3/b26-24+/t25-/m1/s1. The number of aryl methyl sites for hydroxylation is 1. The summed E-state index contributed by atoms with van der Waals surface area (Å²) in [5.74, 6) is -0.448. The molecule has 1 N–H and O–H groups in total. The molecule has 1 fully saturated rings. The molecule has 0 saturated carbocycles. The van der Waals surface area contributed by atoms with E-state index in [0.717, 1.165) is 17.8 Å². The maximum absolute atomic E-state index is 13.6. The third-order valence-electron chi connectivity index (χ3n) is 6.62. The Morgan fingerprint density at radius 3 is 2.51 bits per heavy atom. The topological polar surface area (TPSA) is 124 Å². The van der Waals surface area contributed by atoms with Gasteiger partial charge in [-0.3, -0.25) is 19.3 Å². The molecule has 5 rings (SSSR count). The number of carbonyl (C=O) groups is 3. The SMILES string of the molecule is CCCOc1ccc([C@@H]2/C(=C(\O)c3ccc4c(c3)OCCO4)C(=O)C(=O)N2c2nc(C)c(C(C)=O)s2)cc1OCC. The number of hydrogen-bond acceptors (Lipinski definition) is 10. The summed E-state index contributed by atoms with van der Waals surface area (Å²) in [5, 5.41) is 11.7. The van der Waals surface area contributed by atoms with E-state index in [1.54, 1.807) is 43.3 Å². The lowest BCUT2D eigenvalue weighted by molar-refractivity contribution is -0.132. The summed E-state index contributed by atoms with van der Waals surface area (Å²) in [4.78, 5) is 45.5. The van der Waals surface area contributed by atoms with E-state index in [2.05, 4.69) is 4.98 Å². The summed E-state index contributed by atoms with van der Waals surface area (Å²) < 4.78 is 22.9. The van der Waals surface area contributed by atoms with Crippen LogP contribution in [0.3, 0.4) is 0 Å². The number of benzene rings is 2. The van der Waals surface area contributed by atoms with E-state index in [-0.39, 0.29) is 27.8 Å². The number of aliphatic hydroxyl groups is 1. The average Bonchev–Trinajstić information content (AvgIpc) is 3.48. The molecule has 2 aliphatic rings. The van der Waals surface area contributed by atoms with Crippen molar-refractivity contribution in [2.24, 2.45) is 0 Å². The second-order valence-electron chi connectivity index (χ2n) is 9.48. The molecule has 1 atom stereocenters. The van der Waals surface area contributed by atoms with E-state index in [1.807, 2.05) is 13.8 Å². The lowest BCUT2D eigenvalue weighted by Crippen LogP contribution is -2.29. The fraction of sp³-hybridized carbons (Fsp3) is 0.333. The first-order valence-corrected chi connectivity index (χ1v) is 14.2. The Balaban J connectivity index is 1.70. The van der Waals surface area contributed by atoms with Gasteiger partial charge in [-0.05, 0) is 56.2 Å². The number of anilines is 1. The van der Waals surface area contributed by atoms with Crippen LogP contribution < -0.4 is 23.8 Å². The van der Waals surface area contributed by atoms with Crippen LogP contribution in [0.2, 0.25) is 0 Å². The van der Waals surface area contributed by atoms with Gasteiger partial charge >= 0.3 is 5.91 Å². The quantitative estimate of drug-likeness (QED) is 0.157. The van der Waals surface area contributed by atoms with Crippen LogP contribution in [0.25, 0.3) is 5.76 Å². The van der Waals surface area contributed by atoms with Crippen molar-refractivity contribution in [1.82, 2.24) is 4.98 Å². The molecular weight excluding hydrogens is 548 g/mol. The minimum absolute atomic E-state index is 0.131. The first-order valence-electron chi connectivity index (χ1n) is 13.3. The first-order chi connectivity index (χ1) is 19.7. The van der Waals surface area contributed by atoms with Gasteiger partial charge in [0, 0.05) is 12.5 Å². The van der Waals surface area contributed by atoms with E-state index in [0.29, 0.717) is 65.6 Å². The molecule has 2 aromatic carbocycles. The molecule has 11 heteroatoms. The highest BCUT2D eigenvalue weighted by molar-refractivity contribution is 7.18. The van der Waals surface area contributed by atoms with Crippen molar-refractivity contribution in [2.75, 3.05) is 31.3 Å². The number of aromatic nitrogens is 1. The summed E-state index contributed by atoms with van der Waals surface area (Å²) in [7, 11) is 0. The predicted molar refractivity (Wildman–Crippen MR) is 152 cm³/mol. The van der Waals surface area contributed by atoms with Gasteiger partial charge in [0.15, 0.2) is 33.9 Å². The number of rotatable bonds is 9. The highest BCUT2D eigenvalue weighted by atomic mass is 32.1. The Labute approximate surface area is 241 Å². The van der Waals surface area contributed by atoms with Crippen molar-refractivity contribution < 1.29 is 38.4 Å². The molecule has 41 heavy (non-hydrogen) atoms. The van der Waals surface area contributed by atoms with Crippen molar-refractivity contribution in [3.63, 3.8) is 0 Å². The van der Waals surface area contributed by atoms with Gasteiger partial charge in [0.2, 0.25) is 0 Å². The highest BCUT2D eigenvalue weighted by Crippen LogP contribution is 2.46. The molecule has 3 heterocycles. The zero-order chi connectivity index (χ0) is 29.3. The van der Waals surface area contributed by atoms with Crippen LogP contribution in [-0.2, 0) is 9.59 Å². The molecular formula is C30H30N2O8S. The van der Waals surface area contributed by atoms with Crippen LogP contribution in [0, 0.1) is 6.92 Å². The summed E-state index contributed by atoms with van der Waals surface area (Å²) in [6, 6.07) is 8.89. The van der Waals surface area contributed by atoms with Gasteiger partial charge in [0.25, 0.3) is 5.78 Å². The van der Waals surface area contributed by atoms with Crippen LogP contribution in [0.1, 0.15) is 59.7 Å². The second kappa shape index (κ2) is 11.6. The number of nitrogens with zero attached hydrogens (tertiary/aromatic N) is 2. The van der Waals surface area contributed by atoms with Crippen LogP contribution in [0.4, 0.5) is 5.13 Å². The van der Waals surface area contributed by atoms with E-state index in [4.69, 9.17) is 18.9 Å². The zero-order valence-corrected chi connectivity index (χ0v) is 24.0. The number of carbonyl (C=O) groups excluding carboxylic acids is 3. The zero-order valence-electron chi connectivity index (χ0n) is 23.2. The number of fused-ring (bicyclic) bond motifs is 1. The molecule has 0 radical (unpaired) electrons. The summed E-state index contributed by atoms with van der Waals surface area (Å²) in [5.41, 5.74) is 1.09. The molecule has 0 aliphatic carbocycles. The summed E-state index contributed by atoms with van der Waals surface area (Å²) >= 11 is 1.02. The van der Waals surface area contributed by atoms with Crippen molar-refractivity contribution >= 4 is 39.7 Å². The number of thiazole rings is 1. The molecule has 2 aliphatic heterocycles. The van der Waals surface area contributed by atoms with Gasteiger partial charge in [-0.15, -0.1) is 0 Å². The average molecular weight is 579 g/mol.